The standard InChI is InChI=1S/C26H35NO3Si/c1-6-13-21-20-22(18-19-27(21)25(28)29-5)30-31(26(2,3)4,23-14-9-7-10-15-23)24-16-11-8-12-17-24/h6-12,14-17,21-22H,1,13,18-20H2,2-5H3/t21-,22+/m0/s1. The number of methoxy groups -OCH3 is 1. The van der Waals surface area contributed by atoms with Gasteiger partial charge >= 0.3 is 6.09 Å². The molecule has 2 atom stereocenters. The number of rotatable bonds is 6. The third-order valence-electron chi connectivity index (χ3n) is 6.28. The molecule has 0 unspecified atom stereocenters. The Hall–Kier alpha value is -2.37. The van der Waals surface area contributed by atoms with E-state index in [0.717, 1.165) is 19.3 Å². The molecule has 0 spiro atoms. The largest absolute Gasteiger partial charge is 0.453 e. The second kappa shape index (κ2) is 9.84. The van der Waals surface area contributed by atoms with Gasteiger partial charge in [0.05, 0.1) is 7.11 Å². The summed E-state index contributed by atoms with van der Waals surface area (Å²) in [6, 6.07) is 21.5. The molecule has 3 rings (SSSR count). The minimum absolute atomic E-state index is 0.0434. The van der Waals surface area contributed by atoms with E-state index in [1.165, 1.54) is 17.5 Å². The maximum atomic E-state index is 12.3. The van der Waals surface area contributed by atoms with Crippen molar-refractivity contribution in [1.82, 2.24) is 4.90 Å². The van der Waals surface area contributed by atoms with Crippen molar-refractivity contribution in [2.24, 2.45) is 0 Å². The number of nitrogens with zero attached hydrogens (tertiary/aromatic N) is 1. The van der Waals surface area contributed by atoms with Gasteiger partial charge in [-0.1, -0.05) is 87.5 Å². The van der Waals surface area contributed by atoms with Gasteiger partial charge in [0.15, 0.2) is 0 Å². The fourth-order valence-corrected chi connectivity index (χ4v) is 9.56. The zero-order chi connectivity index (χ0) is 22.5. The van der Waals surface area contributed by atoms with E-state index in [0.29, 0.717) is 6.54 Å². The van der Waals surface area contributed by atoms with E-state index >= 15 is 0 Å². The van der Waals surface area contributed by atoms with Crippen LogP contribution in [0.3, 0.4) is 0 Å². The van der Waals surface area contributed by atoms with E-state index < -0.39 is 8.32 Å². The maximum absolute atomic E-state index is 12.3. The van der Waals surface area contributed by atoms with Crippen LogP contribution in [0.15, 0.2) is 73.3 Å². The first kappa shape index (κ1) is 23.3. The Morgan fingerprint density at radius 3 is 2.10 bits per heavy atom. The van der Waals surface area contributed by atoms with E-state index in [4.69, 9.17) is 9.16 Å². The predicted octanol–water partition coefficient (Wildman–Crippen LogP) is 4.74. The molecule has 0 aliphatic carbocycles. The highest BCUT2D eigenvalue weighted by Crippen LogP contribution is 2.39. The van der Waals surface area contributed by atoms with Gasteiger partial charge in [0, 0.05) is 18.7 Å². The van der Waals surface area contributed by atoms with Crippen LogP contribution >= 0.6 is 0 Å². The summed E-state index contributed by atoms with van der Waals surface area (Å²) >= 11 is 0. The minimum atomic E-state index is -2.61. The number of likely N-dealkylation sites (tertiary alicyclic amines) is 1. The van der Waals surface area contributed by atoms with E-state index in [2.05, 4.69) is 88.0 Å². The van der Waals surface area contributed by atoms with Crippen LogP contribution in [0.5, 0.6) is 0 Å². The van der Waals surface area contributed by atoms with Gasteiger partial charge in [0.25, 0.3) is 8.32 Å². The zero-order valence-corrected chi connectivity index (χ0v) is 20.2. The van der Waals surface area contributed by atoms with E-state index in [9.17, 15) is 4.79 Å². The van der Waals surface area contributed by atoms with Gasteiger partial charge in [-0.2, -0.15) is 0 Å². The molecule has 1 saturated heterocycles. The molecule has 0 aromatic heterocycles. The van der Waals surface area contributed by atoms with Crippen LogP contribution in [-0.4, -0.2) is 45.1 Å². The lowest BCUT2D eigenvalue weighted by Gasteiger charge is -2.47. The number of carbonyl (C=O) groups is 1. The molecular formula is C26H35NO3Si. The molecule has 1 aliphatic rings. The summed E-state index contributed by atoms with van der Waals surface area (Å²) in [6.45, 7) is 11.4. The Kier molecular flexibility index (Phi) is 7.39. The number of ether oxygens (including phenoxy) is 1. The Labute approximate surface area is 188 Å². The third-order valence-corrected chi connectivity index (χ3v) is 11.4. The first-order chi connectivity index (χ1) is 14.8. The monoisotopic (exact) mass is 437 g/mol. The molecule has 1 fully saturated rings. The lowest BCUT2D eigenvalue weighted by atomic mass is 9.97. The predicted molar refractivity (Wildman–Crippen MR) is 129 cm³/mol. The van der Waals surface area contributed by atoms with Crippen molar-refractivity contribution in [3.63, 3.8) is 0 Å². The average molecular weight is 438 g/mol. The topological polar surface area (TPSA) is 38.8 Å². The molecule has 1 aliphatic heterocycles. The van der Waals surface area contributed by atoms with Crippen LogP contribution in [0.1, 0.15) is 40.0 Å². The molecule has 0 saturated carbocycles. The van der Waals surface area contributed by atoms with Gasteiger partial charge in [-0.25, -0.2) is 4.79 Å². The number of hydrogen-bond donors (Lipinski definition) is 0. The van der Waals surface area contributed by atoms with Gasteiger partial charge < -0.3 is 14.1 Å². The Morgan fingerprint density at radius 2 is 1.65 bits per heavy atom. The van der Waals surface area contributed by atoms with Crippen LogP contribution in [0.25, 0.3) is 0 Å². The number of hydrogen-bond acceptors (Lipinski definition) is 3. The molecule has 5 heteroatoms. The van der Waals surface area contributed by atoms with Crippen molar-refractivity contribution in [3.8, 4) is 0 Å². The highest BCUT2D eigenvalue weighted by Gasteiger charge is 2.52. The van der Waals surface area contributed by atoms with Gasteiger partial charge in [-0.05, 0) is 34.7 Å². The van der Waals surface area contributed by atoms with Crippen LogP contribution in [-0.2, 0) is 9.16 Å². The molecule has 31 heavy (non-hydrogen) atoms. The molecule has 1 amide bonds. The summed E-state index contributed by atoms with van der Waals surface area (Å²) in [7, 11) is -1.16. The Bertz CT molecular complexity index is 824. The fourth-order valence-electron chi connectivity index (χ4n) is 4.84. The quantitative estimate of drug-likeness (QED) is 0.484. The van der Waals surface area contributed by atoms with Crippen molar-refractivity contribution >= 4 is 24.8 Å². The summed E-state index contributed by atoms with van der Waals surface area (Å²) in [6.07, 6.45) is 3.99. The Balaban J connectivity index is 2.02. The molecule has 2 aromatic carbocycles. The van der Waals surface area contributed by atoms with Crippen molar-refractivity contribution < 1.29 is 14.0 Å². The normalized spacial score (nSPS) is 19.7. The highest BCUT2D eigenvalue weighted by atomic mass is 28.4. The second-order valence-corrected chi connectivity index (χ2v) is 13.5. The first-order valence-electron chi connectivity index (χ1n) is 11.1. The van der Waals surface area contributed by atoms with Crippen molar-refractivity contribution in [1.29, 1.82) is 0 Å². The van der Waals surface area contributed by atoms with E-state index in [-0.39, 0.29) is 23.3 Å². The van der Waals surface area contributed by atoms with Crippen molar-refractivity contribution in [2.45, 2.75) is 57.2 Å². The van der Waals surface area contributed by atoms with Crippen LogP contribution in [0, 0.1) is 0 Å². The van der Waals surface area contributed by atoms with E-state index in [1.807, 2.05) is 11.0 Å². The smallest absolute Gasteiger partial charge is 0.409 e. The van der Waals surface area contributed by atoms with Gasteiger partial charge in [0.2, 0.25) is 0 Å². The van der Waals surface area contributed by atoms with Gasteiger partial charge in [-0.3, -0.25) is 0 Å². The van der Waals surface area contributed by atoms with Crippen molar-refractivity contribution in [3.05, 3.63) is 73.3 Å². The summed E-state index contributed by atoms with van der Waals surface area (Å²) in [5.41, 5.74) is 0. The minimum Gasteiger partial charge on any atom is -0.453 e. The zero-order valence-electron chi connectivity index (χ0n) is 19.2. The molecule has 1 heterocycles. The van der Waals surface area contributed by atoms with Gasteiger partial charge in [-0.15, -0.1) is 6.58 Å². The van der Waals surface area contributed by atoms with Crippen molar-refractivity contribution in [2.75, 3.05) is 13.7 Å². The number of amides is 1. The molecule has 0 bridgehead atoms. The SMILES string of the molecule is C=CC[C@H]1C[C@H](O[Si](c2ccccc2)(c2ccccc2)C(C)(C)C)CCN1C(=O)OC. The lowest BCUT2D eigenvalue weighted by Crippen LogP contribution is -2.68. The molecule has 2 aromatic rings. The number of benzene rings is 2. The number of piperidine rings is 1. The lowest BCUT2D eigenvalue weighted by molar-refractivity contribution is 0.0435. The number of carbonyl (C=O) groups excluding carboxylic acids is 1. The van der Waals surface area contributed by atoms with Gasteiger partial charge in [0.1, 0.15) is 0 Å². The maximum Gasteiger partial charge on any atom is 0.409 e. The summed E-state index contributed by atoms with van der Waals surface area (Å²) in [5.74, 6) is 0. The Morgan fingerprint density at radius 1 is 1.10 bits per heavy atom. The van der Waals surface area contributed by atoms with Crippen LogP contribution < -0.4 is 10.4 Å². The fraction of sp³-hybridized carbons (Fsp3) is 0.423. The van der Waals surface area contributed by atoms with Crippen LogP contribution in [0.2, 0.25) is 5.04 Å². The summed E-state index contributed by atoms with van der Waals surface area (Å²) in [4.78, 5) is 14.1. The molecule has 0 radical (unpaired) electrons. The summed E-state index contributed by atoms with van der Waals surface area (Å²) in [5, 5.41) is 2.50. The molecule has 4 nitrogen and oxygen atoms in total. The molecule has 166 valence electrons. The third kappa shape index (κ3) is 4.78. The molecule has 0 N–H and O–H groups in total. The average Bonchev–Trinajstić information content (AvgIpc) is 2.77. The highest BCUT2D eigenvalue weighted by molar-refractivity contribution is 6.99. The van der Waals surface area contributed by atoms with E-state index in [1.54, 1.807) is 0 Å². The summed E-state index contributed by atoms with van der Waals surface area (Å²) < 4.78 is 12.3. The second-order valence-electron chi connectivity index (χ2n) is 9.27. The first-order valence-corrected chi connectivity index (χ1v) is 13.0. The molecular weight excluding hydrogens is 402 g/mol. The van der Waals surface area contributed by atoms with Crippen LogP contribution in [0.4, 0.5) is 4.79 Å².